The van der Waals surface area contributed by atoms with Crippen LogP contribution in [0.2, 0.25) is 0 Å². The number of aliphatic imine (C=N–C) groups is 2. The molecule has 1 aliphatic rings. The lowest BCUT2D eigenvalue weighted by molar-refractivity contribution is -0.120. The molecule has 0 amide bonds. The molecule has 0 spiro atoms. The second-order valence-electron chi connectivity index (χ2n) is 3.11. The van der Waals surface area contributed by atoms with Crippen LogP contribution in [-0.2, 0) is 9.47 Å². The van der Waals surface area contributed by atoms with Gasteiger partial charge >= 0.3 is 0 Å². The third-order valence-electron chi connectivity index (χ3n) is 2.22. The molecule has 14 heavy (non-hydrogen) atoms. The van der Waals surface area contributed by atoms with E-state index < -0.39 is 0 Å². The number of rotatable bonds is 3. The summed E-state index contributed by atoms with van der Waals surface area (Å²) >= 11 is 0. The Balaban J connectivity index is 2.77. The average Bonchev–Trinajstić information content (AvgIpc) is 2.21. The highest BCUT2D eigenvalue weighted by molar-refractivity contribution is 6.02. The molecule has 1 aliphatic heterocycles. The van der Waals surface area contributed by atoms with E-state index in [-0.39, 0.29) is 12.2 Å². The largest absolute Gasteiger partial charge is 0.355 e. The number of nitrogens with one attached hydrogen (secondary N) is 1. The van der Waals surface area contributed by atoms with Gasteiger partial charge in [-0.25, -0.2) is 0 Å². The Bertz CT molecular complexity index is 246. The molecule has 1 atom stereocenters. The zero-order valence-electron chi connectivity index (χ0n) is 9.07. The molecule has 0 aliphatic carbocycles. The van der Waals surface area contributed by atoms with Crippen molar-refractivity contribution >= 4 is 11.7 Å². The van der Waals surface area contributed by atoms with Gasteiger partial charge in [0.05, 0.1) is 18.3 Å². The van der Waals surface area contributed by atoms with E-state index >= 15 is 0 Å². The van der Waals surface area contributed by atoms with Gasteiger partial charge in [-0.1, -0.05) is 0 Å². The van der Waals surface area contributed by atoms with Gasteiger partial charge in [-0.2, -0.15) is 0 Å². The van der Waals surface area contributed by atoms with E-state index in [0.717, 1.165) is 11.7 Å². The van der Waals surface area contributed by atoms with Crippen molar-refractivity contribution in [3.8, 4) is 0 Å². The maximum absolute atomic E-state index is 5.19. The molecule has 0 aromatic carbocycles. The first-order chi connectivity index (χ1) is 6.72. The maximum atomic E-state index is 5.19. The zero-order valence-corrected chi connectivity index (χ0v) is 9.07. The molecule has 0 saturated heterocycles. The van der Waals surface area contributed by atoms with Gasteiger partial charge in [0.2, 0.25) is 0 Å². The van der Waals surface area contributed by atoms with E-state index in [1.165, 1.54) is 0 Å². The van der Waals surface area contributed by atoms with Gasteiger partial charge in [0.15, 0.2) is 6.29 Å². The second-order valence-corrected chi connectivity index (χ2v) is 3.11. The molecule has 0 saturated carbocycles. The lowest BCUT2D eigenvalue weighted by Gasteiger charge is -2.28. The van der Waals surface area contributed by atoms with E-state index in [2.05, 4.69) is 15.3 Å². The number of nitrogens with zero attached hydrogens (tertiary/aromatic N) is 2. The summed E-state index contributed by atoms with van der Waals surface area (Å²) in [6.45, 7) is 2.56. The number of hydrogen-bond acceptors (Lipinski definition) is 4. The first-order valence-electron chi connectivity index (χ1n) is 4.53. The van der Waals surface area contributed by atoms with E-state index in [0.29, 0.717) is 6.54 Å². The summed E-state index contributed by atoms with van der Waals surface area (Å²) in [6, 6.07) is 0. The van der Waals surface area contributed by atoms with Gasteiger partial charge in [-0.15, -0.1) is 0 Å². The summed E-state index contributed by atoms with van der Waals surface area (Å²) < 4.78 is 10.4. The van der Waals surface area contributed by atoms with Crippen molar-refractivity contribution in [2.75, 3.05) is 27.8 Å². The Kier molecular flexibility index (Phi) is 4.03. The van der Waals surface area contributed by atoms with Crippen molar-refractivity contribution in [2.24, 2.45) is 15.9 Å². The maximum Gasteiger partial charge on any atom is 0.168 e. The lowest BCUT2D eigenvalue weighted by Crippen LogP contribution is -2.46. The van der Waals surface area contributed by atoms with Crippen molar-refractivity contribution in [3.63, 3.8) is 0 Å². The van der Waals surface area contributed by atoms with Crippen molar-refractivity contribution < 1.29 is 9.47 Å². The first-order valence-corrected chi connectivity index (χ1v) is 4.53. The third-order valence-corrected chi connectivity index (χ3v) is 2.22. The Morgan fingerprint density at radius 1 is 1.50 bits per heavy atom. The molecule has 0 radical (unpaired) electrons. The molecular formula is C9H17N3O2. The smallest absolute Gasteiger partial charge is 0.168 e. The highest BCUT2D eigenvalue weighted by Gasteiger charge is 2.28. The number of ether oxygens (including phenoxy) is 2. The highest BCUT2D eigenvalue weighted by Crippen LogP contribution is 2.13. The van der Waals surface area contributed by atoms with Crippen LogP contribution in [0.4, 0.5) is 0 Å². The molecule has 1 unspecified atom stereocenters. The molecule has 1 heterocycles. The minimum atomic E-state index is -0.293. The summed E-state index contributed by atoms with van der Waals surface area (Å²) in [5, 5.41) is 3.11. The van der Waals surface area contributed by atoms with Crippen LogP contribution in [0, 0.1) is 5.92 Å². The topological polar surface area (TPSA) is 55.2 Å². The van der Waals surface area contributed by atoms with Gasteiger partial charge < -0.3 is 14.8 Å². The summed E-state index contributed by atoms with van der Waals surface area (Å²) in [7, 11) is 4.98. The van der Waals surface area contributed by atoms with Crippen LogP contribution in [0.15, 0.2) is 9.98 Å². The SMILES string of the molecule is CN=C1NC(C)=NCC1C(OC)OC. The Morgan fingerprint density at radius 2 is 2.14 bits per heavy atom. The summed E-state index contributed by atoms with van der Waals surface area (Å²) in [6.07, 6.45) is -0.293. The summed E-state index contributed by atoms with van der Waals surface area (Å²) in [4.78, 5) is 8.45. The molecule has 80 valence electrons. The number of hydrogen-bond donors (Lipinski definition) is 1. The summed E-state index contributed by atoms with van der Waals surface area (Å²) in [5.74, 6) is 1.80. The first kappa shape index (κ1) is 11.1. The van der Waals surface area contributed by atoms with Crippen molar-refractivity contribution in [1.29, 1.82) is 0 Å². The number of methoxy groups -OCH3 is 2. The van der Waals surface area contributed by atoms with Crippen molar-refractivity contribution in [1.82, 2.24) is 5.32 Å². The summed E-state index contributed by atoms with van der Waals surface area (Å²) in [5.41, 5.74) is 0. The third kappa shape index (κ3) is 2.30. The van der Waals surface area contributed by atoms with Gasteiger partial charge in [-0.05, 0) is 6.92 Å². The zero-order chi connectivity index (χ0) is 10.6. The minimum Gasteiger partial charge on any atom is -0.355 e. The van der Waals surface area contributed by atoms with Crippen LogP contribution in [0.25, 0.3) is 0 Å². The fourth-order valence-corrected chi connectivity index (χ4v) is 1.50. The van der Waals surface area contributed by atoms with Gasteiger partial charge in [0.1, 0.15) is 5.84 Å². The van der Waals surface area contributed by atoms with Crippen LogP contribution in [0.3, 0.4) is 0 Å². The fourth-order valence-electron chi connectivity index (χ4n) is 1.50. The predicted molar refractivity (Wildman–Crippen MR) is 55.8 cm³/mol. The average molecular weight is 199 g/mol. The Morgan fingerprint density at radius 3 is 2.64 bits per heavy atom. The van der Waals surface area contributed by atoms with E-state index in [4.69, 9.17) is 9.47 Å². The molecule has 5 heteroatoms. The van der Waals surface area contributed by atoms with E-state index in [9.17, 15) is 0 Å². The highest BCUT2D eigenvalue weighted by atomic mass is 16.7. The van der Waals surface area contributed by atoms with Crippen LogP contribution in [0.1, 0.15) is 6.92 Å². The molecule has 0 aromatic rings. The number of amidine groups is 2. The van der Waals surface area contributed by atoms with Crippen molar-refractivity contribution in [3.05, 3.63) is 0 Å². The molecule has 1 rings (SSSR count). The van der Waals surface area contributed by atoms with E-state index in [1.54, 1.807) is 21.3 Å². The van der Waals surface area contributed by atoms with Gasteiger partial charge in [0, 0.05) is 21.3 Å². The van der Waals surface area contributed by atoms with Gasteiger partial charge in [0.25, 0.3) is 0 Å². The minimum absolute atomic E-state index is 0.0544. The quantitative estimate of drug-likeness (QED) is 0.664. The normalized spacial score (nSPS) is 25.1. The van der Waals surface area contributed by atoms with Crippen molar-refractivity contribution in [2.45, 2.75) is 13.2 Å². The molecular weight excluding hydrogens is 182 g/mol. The molecule has 1 N–H and O–H groups in total. The Hall–Kier alpha value is -0.940. The fraction of sp³-hybridized carbons (Fsp3) is 0.778. The Labute approximate surface area is 84.2 Å². The predicted octanol–water partition coefficient (Wildman–Crippen LogP) is 0.271. The molecule has 5 nitrogen and oxygen atoms in total. The van der Waals surface area contributed by atoms with E-state index in [1.807, 2.05) is 6.92 Å². The lowest BCUT2D eigenvalue weighted by atomic mass is 10.1. The molecule has 0 bridgehead atoms. The van der Waals surface area contributed by atoms with Crippen LogP contribution in [0.5, 0.6) is 0 Å². The molecule has 0 aromatic heterocycles. The monoisotopic (exact) mass is 199 g/mol. The second kappa shape index (κ2) is 5.07. The molecule has 0 fully saturated rings. The van der Waals surface area contributed by atoms with Crippen LogP contribution >= 0.6 is 0 Å². The van der Waals surface area contributed by atoms with Crippen LogP contribution in [-0.4, -0.2) is 45.8 Å². The van der Waals surface area contributed by atoms with Crippen LogP contribution < -0.4 is 5.32 Å². The standard InChI is InChI=1S/C9H17N3O2/c1-6-11-5-7(8(10-2)12-6)9(13-3)14-4/h7,9H,5H2,1-4H3,(H,10,11,12). The van der Waals surface area contributed by atoms with Gasteiger partial charge in [-0.3, -0.25) is 9.98 Å².